The van der Waals surface area contributed by atoms with Crippen molar-refractivity contribution >= 4 is 10.0 Å². The minimum atomic E-state index is -3.95. The smallest absolute Gasteiger partial charge is 0.245 e. The average molecular weight is 315 g/mol. The fraction of sp³-hybridized carbons (Fsp3) is 0.429. The van der Waals surface area contributed by atoms with Crippen LogP contribution >= 0.6 is 0 Å². The van der Waals surface area contributed by atoms with E-state index in [1.54, 1.807) is 6.92 Å². The third-order valence-electron chi connectivity index (χ3n) is 2.79. The van der Waals surface area contributed by atoms with Gasteiger partial charge in [-0.3, -0.25) is 0 Å². The topological polar surface area (TPSA) is 77.8 Å². The maximum Gasteiger partial charge on any atom is 0.245 e. The Labute approximate surface area is 124 Å². The van der Waals surface area contributed by atoms with Crippen LogP contribution in [0.1, 0.15) is 18.9 Å². The van der Waals surface area contributed by atoms with Gasteiger partial charge < -0.3 is 10.2 Å². The Morgan fingerprint density at radius 2 is 2.10 bits per heavy atom. The summed E-state index contributed by atoms with van der Waals surface area (Å²) in [4.78, 5) is -0.440. The Balaban J connectivity index is 3.03. The summed E-state index contributed by atoms with van der Waals surface area (Å²) in [5.41, 5.74) is 0.284. The molecule has 0 saturated heterocycles. The maximum absolute atomic E-state index is 13.9. The van der Waals surface area contributed by atoms with Crippen molar-refractivity contribution < 1.29 is 23.0 Å². The van der Waals surface area contributed by atoms with Gasteiger partial charge in [0.15, 0.2) is 0 Å². The number of benzene rings is 1. The Morgan fingerprint density at radius 3 is 2.62 bits per heavy atom. The van der Waals surface area contributed by atoms with Crippen LogP contribution in [0.15, 0.2) is 23.1 Å². The highest BCUT2D eigenvalue weighted by molar-refractivity contribution is 7.89. The van der Waals surface area contributed by atoms with E-state index in [2.05, 4.69) is 11.8 Å². The molecule has 0 amide bonds. The van der Waals surface area contributed by atoms with Crippen molar-refractivity contribution in [3.63, 3.8) is 0 Å². The molecule has 0 bridgehead atoms. The predicted octanol–water partition coefficient (Wildman–Crippen LogP) is 0.561. The number of hydrogen-bond donors (Lipinski definition) is 2. The molecule has 0 saturated carbocycles. The molecular formula is C14H18FNO4S. The molecule has 0 aliphatic heterocycles. The summed E-state index contributed by atoms with van der Waals surface area (Å²) < 4.78 is 39.4. The highest BCUT2D eigenvalue weighted by Crippen LogP contribution is 2.19. The largest absolute Gasteiger partial charge is 0.393 e. The lowest BCUT2D eigenvalue weighted by molar-refractivity contribution is 0.177. The number of hydrogen-bond acceptors (Lipinski definition) is 4. The van der Waals surface area contributed by atoms with Crippen molar-refractivity contribution in [2.24, 2.45) is 0 Å². The summed E-state index contributed by atoms with van der Waals surface area (Å²) in [5, 5.41) is 17.7. The Hall–Kier alpha value is -1.46. The van der Waals surface area contributed by atoms with E-state index >= 15 is 0 Å². The van der Waals surface area contributed by atoms with Crippen LogP contribution in [0.2, 0.25) is 0 Å². The van der Waals surface area contributed by atoms with E-state index < -0.39 is 26.8 Å². The quantitative estimate of drug-likeness (QED) is 0.779. The van der Waals surface area contributed by atoms with E-state index in [1.807, 2.05) is 0 Å². The fourth-order valence-corrected chi connectivity index (χ4v) is 2.81. The zero-order chi connectivity index (χ0) is 16.0. The maximum atomic E-state index is 13.9. The first-order valence-corrected chi connectivity index (χ1v) is 7.76. The van der Waals surface area contributed by atoms with Crippen molar-refractivity contribution in [3.8, 4) is 11.8 Å². The first kappa shape index (κ1) is 17.6. The van der Waals surface area contributed by atoms with Gasteiger partial charge in [0.2, 0.25) is 10.0 Å². The van der Waals surface area contributed by atoms with Crippen molar-refractivity contribution in [3.05, 3.63) is 29.6 Å². The van der Waals surface area contributed by atoms with Crippen LogP contribution in [0, 0.1) is 17.7 Å². The zero-order valence-electron chi connectivity index (χ0n) is 11.9. The van der Waals surface area contributed by atoms with Gasteiger partial charge in [0.05, 0.1) is 6.10 Å². The second-order valence-electron chi connectivity index (χ2n) is 4.57. The van der Waals surface area contributed by atoms with Gasteiger partial charge in [0, 0.05) is 19.2 Å². The number of halogens is 1. The molecule has 116 valence electrons. The minimum Gasteiger partial charge on any atom is -0.393 e. The molecule has 1 rings (SSSR count). The molecule has 0 radical (unpaired) electrons. The molecule has 0 fully saturated rings. The van der Waals surface area contributed by atoms with Crippen LogP contribution in [0.5, 0.6) is 0 Å². The molecule has 1 atom stereocenters. The van der Waals surface area contributed by atoms with Crippen LogP contribution < -0.4 is 0 Å². The van der Waals surface area contributed by atoms with Crippen LogP contribution in [0.3, 0.4) is 0 Å². The second kappa shape index (κ2) is 7.52. The summed E-state index contributed by atoms with van der Waals surface area (Å²) >= 11 is 0. The lowest BCUT2D eigenvalue weighted by atomic mass is 10.2. The van der Waals surface area contributed by atoms with E-state index in [4.69, 9.17) is 5.11 Å². The first-order valence-electron chi connectivity index (χ1n) is 6.32. The molecule has 0 aromatic heterocycles. The molecular weight excluding hydrogens is 297 g/mol. The number of aliphatic hydroxyl groups excluding tert-OH is 2. The third kappa shape index (κ3) is 4.79. The van der Waals surface area contributed by atoms with Gasteiger partial charge in [-0.25, -0.2) is 17.1 Å². The molecule has 21 heavy (non-hydrogen) atoms. The van der Waals surface area contributed by atoms with Crippen LogP contribution in [-0.2, 0) is 10.0 Å². The van der Waals surface area contributed by atoms with Gasteiger partial charge >= 0.3 is 0 Å². The summed E-state index contributed by atoms with van der Waals surface area (Å²) in [6.45, 7) is 1.28. The minimum absolute atomic E-state index is 0.0888. The predicted molar refractivity (Wildman–Crippen MR) is 76.5 cm³/mol. The number of sulfonamides is 1. The summed E-state index contributed by atoms with van der Waals surface area (Å²) in [6.07, 6.45) is -0.374. The number of rotatable bonds is 5. The zero-order valence-corrected chi connectivity index (χ0v) is 12.7. The van der Waals surface area contributed by atoms with Gasteiger partial charge in [0.25, 0.3) is 0 Å². The molecule has 2 N–H and O–H groups in total. The molecule has 0 aliphatic rings. The lowest BCUT2D eigenvalue weighted by Crippen LogP contribution is -2.30. The van der Waals surface area contributed by atoms with E-state index in [0.717, 1.165) is 16.4 Å². The molecule has 0 spiro atoms. The first-order chi connectivity index (χ1) is 9.78. The van der Waals surface area contributed by atoms with Gasteiger partial charge in [0.1, 0.15) is 17.3 Å². The molecule has 0 heterocycles. The second-order valence-corrected chi connectivity index (χ2v) is 6.58. The van der Waals surface area contributed by atoms with E-state index in [0.29, 0.717) is 0 Å². The number of nitrogens with zero attached hydrogens (tertiary/aromatic N) is 1. The Morgan fingerprint density at radius 1 is 1.43 bits per heavy atom. The number of aliphatic hydroxyl groups is 2. The van der Waals surface area contributed by atoms with Crippen LogP contribution in [0.4, 0.5) is 4.39 Å². The monoisotopic (exact) mass is 315 g/mol. The van der Waals surface area contributed by atoms with E-state index in [1.165, 1.54) is 13.1 Å². The van der Waals surface area contributed by atoms with Crippen molar-refractivity contribution in [2.75, 3.05) is 20.2 Å². The van der Waals surface area contributed by atoms with E-state index in [-0.39, 0.29) is 25.1 Å². The summed E-state index contributed by atoms with van der Waals surface area (Å²) in [6, 6.07) is 3.53. The molecule has 0 aliphatic carbocycles. The Bertz CT molecular complexity index is 647. The SMILES string of the molecule is CC(O)CCN(C)S(=O)(=O)c1ccc(C#CCO)cc1F. The van der Waals surface area contributed by atoms with Gasteiger partial charge in [-0.05, 0) is 31.5 Å². The summed E-state index contributed by atoms with van der Waals surface area (Å²) in [5.74, 6) is 3.96. The van der Waals surface area contributed by atoms with Crippen LogP contribution in [0.25, 0.3) is 0 Å². The Kier molecular flexibility index (Phi) is 6.30. The average Bonchev–Trinajstić information content (AvgIpc) is 2.42. The normalized spacial score (nSPS) is 12.9. The van der Waals surface area contributed by atoms with Crippen molar-refractivity contribution in [1.82, 2.24) is 4.31 Å². The fourth-order valence-electron chi connectivity index (χ4n) is 1.59. The highest BCUT2D eigenvalue weighted by atomic mass is 32.2. The standard InChI is InChI=1S/C14H18FNO4S/c1-11(18)7-8-16(2)21(19,20)14-6-5-12(4-3-9-17)10-13(14)15/h5-6,10-11,17-18H,7-9H2,1-2H3. The van der Waals surface area contributed by atoms with Gasteiger partial charge in [-0.15, -0.1) is 0 Å². The lowest BCUT2D eigenvalue weighted by Gasteiger charge is -2.18. The molecule has 5 nitrogen and oxygen atoms in total. The molecule has 1 unspecified atom stereocenters. The van der Waals surface area contributed by atoms with Crippen molar-refractivity contribution in [1.29, 1.82) is 0 Å². The molecule has 1 aromatic rings. The molecule has 7 heteroatoms. The van der Waals surface area contributed by atoms with E-state index in [9.17, 15) is 17.9 Å². The van der Waals surface area contributed by atoms with Gasteiger partial charge in [-0.2, -0.15) is 0 Å². The van der Waals surface area contributed by atoms with Gasteiger partial charge in [-0.1, -0.05) is 11.8 Å². The van der Waals surface area contributed by atoms with Crippen molar-refractivity contribution in [2.45, 2.75) is 24.3 Å². The third-order valence-corrected chi connectivity index (χ3v) is 4.68. The summed E-state index contributed by atoms with van der Waals surface area (Å²) in [7, 11) is -2.62. The molecule has 1 aromatic carbocycles. The highest BCUT2D eigenvalue weighted by Gasteiger charge is 2.24. The van der Waals surface area contributed by atoms with Crippen LogP contribution in [-0.4, -0.2) is 49.2 Å².